The molecule has 0 fully saturated rings. The van der Waals surface area contributed by atoms with Crippen LogP contribution in [0.25, 0.3) is 0 Å². The number of carbonyl (C=O) groups is 1. The summed E-state index contributed by atoms with van der Waals surface area (Å²) in [6.07, 6.45) is 6.59. The van der Waals surface area contributed by atoms with Gasteiger partial charge in [-0.05, 0) is 30.7 Å². The minimum atomic E-state index is -1.08. The van der Waals surface area contributed by atoms with Crippen LogP contribution in [0.15, 0.2) is 59.0 Å². The van der Waals surface area contributed by atoms with Crippen LogP contribution in [0.5, 0.6) is 11.5 Å². The van der Waals surface area contributed by atoms with Crippen molar-refractivity contribution < 1.29 is 47.4 Å². The number of nitrogens with one attached hydrogen (secondary N) is 1. The molecule has 0 radical (unpaired) electrons. The normalized spacial score (nSPS) is 16.9. The standard InChI is InChI=1S/C16H18N2O4.C2H4O2.Mn/c19-13-1-3-15(21)11(7-13)9-17-5-6-18-10-12-8-14(20)2-4-16(12)22;1-2(3)4;/h1-4,7-10,15,17,19-22H,5-6H2;1H3,(H,3,4);/q;;+3/p-3/b11-9-,18-10?;;. The van der Waals surface area contributed by atoms with E-state index in [4.69, 9.17) is 9.90 Å². The molecular formula is C18H19MnN2O6. The van der Waals surface area contributed by atoms with E-state index in [0.29, 0.717) is 18.7 Å². The van der Waals surface area contributed by atoms with Gasteiger partial charge >= 0.3 is 17.1 Å². The average Bonchev–Trinajstić information content (AvgIpc) is 2.56. The van der Waals surface area contributed by atoms with Gasteiger partial charge in [0, 0.05) is 30.5 Å². The van der Waals surface area contributed by atoms with E-state index < -0.39 is 12.1 Å². The minimum absolute atomic E-state index is 0. The van der Waals surface area contributed by atoms with Crippen molar-refractivity contribution in [3.8, 4) is 11.5 Å². The van der Waals surface area contributed by atoms with Gasteiger partial charge in [0.15, 0.2) is 0 Å². The summed E-state index contributed by atoms with van der Waals surface area (Å²) >= 11 is 0. The Kier molecular flexibility index (Phi) is 11.3. The van der Waals surface area contributed by atoms with E-state index >= 15 is 0 Å². The molecule has 0 spiro atoms. The molecular weight excluding hydrogens is 395 g/mol. The van der Waals surface area contributed by atoms with E-state index in [1.165, 1.54) is 42.6 Å². The molecule has 0 heterocycles. The third-order valence-corrected chi connectivity index (χ3v) is 2.97. The summed E-state index contributed by atoms with van der Waals surface area (Å²) in [6, 6.07) is 3.70. The molecule has 1 aromatic carbocycles. The van der Waals surface area contributed by atoms with Crippen molar-refractivity contribution >= 4 is 12.2 Å². The van der Waals surface area contributed by atoms with Gasteiger partial charge in [0.05, 0.1) is 12.6 Å². The summed E-state index contributed by atoms with van der Waals surface area (Å²) in [6.45, 7) is 1.85. The fraction of sp³-hybridized carbons (Fsp3) is 0.222. The van der Waals surface area contributed by atoms with E-state index in [0.717, 1.165) is 6.92 Å². The van der Waals surface area contributed by atoms with Crippen molar-refractivity contribution in [2.75, 3.05) is 13.1 Å². The Morgan fingerprint density at radius 2 is 2.04 bits per heavy atom. The first-order valence-electron chi connectivity index (χ1n) is 7.65. The molecule has 27 heavy (non-hydrogen) atoms. The maximum atomic E-state index is 11.4. The van der Waals surface area contributed by atoms with Crippen molar-refractivity contribution in [2.45, 2.75) is 13.0 Å². The van der Waals surface area contributed by atoms with Gasteiger partial charge in [-0.1, -0.05) is 18.2 Å². The molecule has 0 aliphatic heterocycles. The molecule has 2 rings (SSSR count). The molecule has 1 aliphatic carbocycles. The summed E-state index contributed by atoms with van der Waals surface area (Å²) in [5.74, 6) is -1.47. The molecule has 0 saturated heterocycles. The summed E-state index contributed by atoms with van der Waals surface area (Å²) in [7, 11) is 0. The molecule has 0 amide bonds. The molecule has 0 bridgehead atoms. The number of carboxylic acid groups (broad SMARTS) is 1. The molecule has 0 saturated carbocycles. The zero-order valence-electron chi connectivity index (χ0n) is 14.5. The number of benzene rings is 1. The molecule has 3 N–H and O–H groups in total. The minimum Gasteiger partial charge on any atom is -0.872 e. The smallest absolute Gasteiger partial charge is 0.872 e. The van der Waals surface area contributed by atoms with E-state index in [2.05, 4.69) is 10.3 Å². The first-order chi connectivity index (χ1) is 12.3. The summed E-state index contributed by atoms with van der Waals surface area (Å²) in [5, 5.41) is 53.4. The maximum Gasteiger partial charge on any atom is 3.00 e. The van der Waals surface area contributed by atoms with Gasteiger partial charge in [0.25, 0.3) is 0 Å². The Balaban J connectivity index is 0.00000123. The van der Waals surface area contributed by atoms with Gasteiger partial charge in [-0.25, -0.2) is 0 Å². The van der Waals surface area contributed by atoms with Gasteiger partial charge in [0.2, 0.25) is 0 Å². The quantitative estimate of drug-likeness (QED) is 0.313. The van der Waals surface area contributed by atoms with E-state index in [-0.39, 0.29) is 39.9 Å². The molecule has 144 valence electrons. The van der Waals surface area contributed by atoms with Crippen molar-refractivity contribution in [3.63, 3.8) is 0 Å². The fourth-order valence-corrected chi connectivity index (χ4v) is 1.84. The van der Waals surface area contributed by atoms with E-state index in [9.17, 15) is 20.4 Å². The molecule has 1 atom stereocenters. The molecule has 1 aliphatic rings. The molecule has 1 unspecified atom stereocenters. The number of nitrogens with zero attached hydrogens (tertiary/aromatic N) is 1. The predicted octanol–water partition coefficient (Wildman–Crippen LogP) is -1.15. The van der Waals surface area contributed by atoms with Gasteiger partial charge in [-0.15, -0.1) is 11.5 Å². The molecule has 8 nitrogen and oxygen atoms in total. The number of aliphatic carboxylic acids is 1. The largest absolute Gasteiger partial charge is 3.00 e. The SMILES string of the molecule is CC(=O)[O-].[Mn+3].[O-]c1ccc([O-])c(C=NCCN/C=C2/C=C(O)C=CC2O)c1. The summed E-state index contributed by atoms with van der Waals surface area (Å²) in [5.41, 5.74) is 0.816. The Labute approximate surface area is 167 Å². The van der Waals surface area contributed by atoms with Crippen LogP contribution in [0.1, 0.15) is 12.5 Å². The van der Waals surface area contributed by atoms with Crippen LogP contribution in [0.4, 0.5) is 0 Å². The number of hydrogen-bond acceptors (Lipinski definition) is 8. The van der Waals surface area contributed by atoms with Crippen LogP contribution in [0.2, 0.25) is 0 Å². The fourth-order valence-electron chi connectivity index (χ4n) is 1.84. The second-order valence-electron chi connectivity index (χ2n) is 5.20. The third-order valence-electron chi connectivity index (χ3n) is 2.97. The zero-order valence-corrected chi connectivity index (χ0v) is 15.6. The summed E-state index contributed by atoms with van der Waals surface area (Å²) in [4.78, 5) is 13.0. The number of aliphatic hydroxyl groups is 2. The van der Waals surface area contributed by atoms with Gasteiger partial charge < -0.3 is 35.6 Å². The van der Waals surface area contributed by atoms with Crippen molar-refractivity contribution in [1.82, 2.24) is 5.32 Å². The zero-order chi connectivity index (χ0) is 19.5. The van der Waals surface area contributed by atoms with Crippen LogP contribution >= 0.6 is 0 Å². The monoisotopic (exact) mass is 414 g/mol. The number of carbonyl (C=O) groups excluding carboxylic acids is 1. The second-order valence-corrected chi connectivity index (χ2v) is 5.20. The van der Waals surface area contributed by atoms with E-state index in [1.807, 2.05) is 0 Å². The third kappa shape index (κ3) is 10.1. The van der Waals surface area contributed by atoms with Gasteiger partial charge in [-0.2, -0.15) is 0 Å². The maximum absolute atomic E-state index is 11.4. The van der Waals surface area contributed by atoms with Crippen LogP contribution in [-0.4, -0.2) is 41.6 Å². The first-order valence-corrected chi connectivity index (χ1v) is 7.65. The molecule has 1 aromatic rings. The van der Waals surface area contributed by atoms with Gasteiger partial charge in [0.1, 0.15) is 5.76 Å². The van der Waals surface area contributed by atoms with Crippen LogP contribution in [-0.2, 0) is 21.9 Å². The number of aliphatic hydroxyl groups excluding tert-OH is 2. The van der Waals surface area contributed by atoms with E-state index in [1.54, 1.807) is 6.20 Å². The number of rotatable bonds is 5. The number of hydrogen-bond donors (Lipinski definition) is 3. The van der Waals surface area contributed by atoms with Crippen LogP contribution < -0.4 is 20.6 Å². The van der Waals surface area contributed by atoms with Crippen LogP contribution in [0.3, 0.4) is 0 Å². The number of aliphatic imine (C=N–C) groups is 1. The van der Waals surface area contributed by atoms with Crippen LogP contribution in [0, 0.1) is 0 Å². The second kappa shape index (κ2) is 12.6. The summed E-state index contributed by atoms with van der Waals surface area (Å²) < 4.78 is 0. The molecule has 9 heteroatoms. The van der Waals surface area contributed by atoms with Crippen molar-refractivity contribution in [1.29, 1.82) is 0 Å². The van der Waals surface area contributed by atoms with Gasteiger partial charge in [-0.3, -0.25) is 4.99 Å². The predicted molar refractivity (Wildman–Crippen MR) is 90.4 cm³/mol. The molecule has 0 aromatic heterocycles. The Bertz CT molecular complexity index is 739. The Morgan fingerprint density at radius 1 is 1.37 bits per heavy atom. The first kappa shape index (κ1) is 24.3. The Morgan fingerprint density at radius 3 is 2.70 bits per heavy atom. The van der Waals surface area contributed by atoms with Crippen molar-refractivity contribution in [3.05, 3.63) is 59.5 Å². The Hall–Kier alpha value is -2.74. The van der Waals surface area contributed by atoms with Crippen molar-refractivity contribution in [2.24, 2.45) is 4.99 Å². The number of carboxylic acids is 1. The topological polar surface area (TPSA) is 151 Å². The number of allylic oxidation sites excluding steroid dienone is 1. The average molecular weight is 414 g/mol.